The van der Waals surface area contributed by atoms with E-state index in [1.54, 1.807) is 54.7 Å². The Balaban J connectivity index is 1.31. The second kappa shape index (κ2) is 7.87. The van der Waals surface area contributed by atoms with Crippen LogP contribution < -0.4 is 9.64 Å². The van der Waals surface area contributed by atoms with Gasteiger partial charge in [-0.05, 0) is 68.3 Å². The number of ether oxygens (including phenoxy) is 2. The molecule has 8 nitrogen and oxygen atoms in total. The maximum atomic E-state index is 13.9. The molecule has 1 aromatic heterocycles. The van der Waals surface area contributed by atoms with Gasteiger partial charge in [-0.3, -0.25) is 14.6 Å². The number of hydrogen-bond donors (Lipinski definition) is 0. The molecule has 6 rings (SSSR count). The number of nitriles is 2. The van der Waals surface area contributed by atoms with Gasteiger partial charge < -0.3 is 9.47 Å². The number of imide groups is 1. The topological polar surface area (TPSA) is 116 Å². The van der Waals surface area contributed by atoms with Gasteiger partial charge in [-0.15, -0.1) is 0 Å². The minimum absolute atomic E-state index is 0.267. The van der Waals surface area contributed by atoms with Crippen molar-refractivity contribution in [2.45, 2.75) is 37.4 Å². The minimum Gasteiger partial charge on any atom is -0.493 e. The zero-order valence-electron chi connectivity index (χ0n) is 19.6. The number of anilines is 1. The molecule has 0 radical (unpaired) electrons. The van der Waals surface area contributed by atoms with Gasteiger partial charge in [0.15, 0.2) is 0 Å². The average molecular weight is 479 g/mol. The first-order valence-electron chi connectivity index (χ1n) is 11.9. The predicted octanol–water partition coefficient (Wildman–Crippen LogP) is 3.87. The van der Waals surface area contributed by atoms with Gasteiger partial charge in [-0.1, -0.05) is 0 Å². The molecule has 0 N–H and O–H groups in total. The van der Waals surface area contributed by atoms with Crippen molar-refractivity contribution >= 4 is 28.4 Å². The molecule has 178 valence electrons. The van der Waals surface area contributed by atoms with Crippen LogP contribution in [0.15, 0.2) is 54.7 Å². The molecule has 2 bridgehead atoms. The van der Waals surface area contributed by atoms with Crippen LogP contribution in [0.1, 0.15) is 37.3 Å². The summed E-state index contributed by atoms with van der Waals surface area (Å²) in [5.74, 6) is -1.09. The van der Waals surface area contributed by atoms with E-state index < -0.39 is 23.0 Å². The molecule has 0 spiro atoms. The minimum atomic E-state index is -0.784. The second-order valence-corrected chi connectivity index (χ2v) is 9.82. The molecule has 3 aromatic rings. The Morgan fingerprint density at radius 1 is 1.06 bits per heavy atom. The third-order valence-electron chi connectivity index (χ3n) is 7.90. The van der Waals surface area contributed by atoms with Crippen LogP contribution in [0.5, 0.6) is 5.75 Å². The fraction of sp³-hybridized carbons (Fsp3) is 0.321. The highest BCUT2D eigenvalue weighted by Gasteiger charge is 2.73. The molecule has 0 saturated carbocycles. The summed E-state index contributed by atoms with van der Waals surface area (Å²) in [5, 5.41) is 19.1. The quantitative estimate of drug-likeness (QED) is 0.511. The molecule has 3 saturated heterocycles. The van der Waals surface area contributed by atoms with Crippen molar-refractivity contribution in [2.24, 2.45) is 11.8 Å². The zero-order valence-corrected chi connectivity index (χ0v) is 19.6. The number of nitrogens with zero attached hydrogens (tertiary/aromatic N) is 4. The van der Waals surface area contributed by atoms with E-state index >= 15 is 0 Å². The predicted molar refractivity (Wildman–Crippen MR) is 129 cm³/mol. The van der Waals surface area contributed by atoms with Gasteiger partial charge in [-0.25, -0.2) is 4.90 Å². The van der Waals surface area contributed by atoms with Gasteiger partial charge in [-0.2, -0.15) is 10.5 Å². The van der Waals surface area contributed by atoms with Crippen molar-refractivity contribution in [3.05, 3.63) is 65.9 Å². The fourth-order valence-corrected chi connectivity index (χ4v) is 6.26. The van der Waals surface area contributed by atoms with E-state index in [1.165, 1.54) is 4.90 Å². The van der Waals surface area contributed by atoms with Gasteiger partial charge in [0.25, 0.3) is 0 Å². The normalized spacial score (nSPS) is 28.2. The van der Waals surface area contributed by atoms with E-state index in [0.29, 0.717) is 59.3 Å². The number of hydrogen-bond acceptors (Lipinski definition) is 7. The third-order valence-corrected chi connectivity index (χ3v) is 7.90. The highest BCUT2D eigenvalue weighted by Crippen LogP contribution is 2.62. The molecule has 2 amide bonds. The third kappa shape index (κ3) is 3.05. The first kappa shape index (κ1) is 22.2. The molecule has 4 atom stereocenters. The Bertz CT molecular complexity index is 1500. The van der Waals surface area contributed by atoms with Crippen molar-refractivity contribution in [1.82, 2.24) is 4.98 Å². The number of aromatic nitrogens is 1. The Morgan fingerprint density at radius 3 is 2.58 bits per heavy atom. The fourth-order valence-electron chi connectivity index (χ4n) is 6.26. The molecule has 8 heteroatoms. The molecule has 3 aliphatic rings. The van der Waals surface area contributed by atoms with Crippen LogP contribution in [0.3, 0.4) is 0 Å². The maximum absolute atomic E-state index is 13.9. The van der Waals surface area contributed by atoms with Gasteiger partial charge in [0.2, 0.25) is 11.8 Å². The summed E-state index contributed by atoms with van der Waals surface area (Å²) in [6.45, 7) is 2.24. The van der Waals surface area contributed by atoms with E-state index in [-0.39, 0.29) is 11.8 Å². The molecule has 0 aliphatic carbocycles. The van der Waals surface area contributed by atoms with Crippen molar-refractivity contribution in [1.29, 1.82) is 10.5 Å². The van der Waals surface area contributed by atoms with Crippen LogP contribution >= 0.6 is 0 Å². The highest BCUT2D eigenvalue weighted by atomic mass is 16.5. The number of rotatable bonds is 5. The van der Waals surface area contributed by atoms with E-state index in [2.05, 4.69) is 17.1 Å². The SMILES string of the molecule is C[C@]12CC[C@](CCOc3ccc(C#N)cc3)(O1)[C@@H]1C(=O)N(c3ccc(C#N)c4ncccc34)C(=O)[C@@H]12. The van der Waals surface area contributed by atoms with Gasteiger partial charge in [0.05, 0.1) is 58.0 Å². The van der Waals surface area contributed by atoms with Crippen LogP contribution in [0, 0.1) is 34.5 Å². The average Bonchev–Trinajstić information content (AvgIpc) is 3.48. The largest absolute Gasteiger partial charge is 0.493 e. The lowest BCUT2D eigenvalue weighted by molar-refractivity contribution is -0.131. The molecular formula is C28H22N4O4. The maximum Gasteiger partial charge on any atom is 0.240 e. The summed E-state index contributed by atoms with van der Waals surface area (Å²) in [4.78, 5) is 33.3. The molecule has 36 heavy (non-hydrogen) atoms. The van der Waals surface area contributed by atoms with Crippen molar-refractivity contribution < 1.29 is 19.1 Å². The summed E-state index contributed by atoms with van der Waals surface area (Å²) in [5.41, 5.74) is 0.352. The van der Waals surface area contributed by atoms with Crippen LogP contribution in [0.2, 0.25) is 0 Å². The number of carbonyl (C=O) groups excluding carboxylic acids is 2. The summed E-state index contributed by atoms with van der Waals surface area (Å²) < 4.78 is 12.4. The number of benzene rings is 2. The lowest BCUT2D eigenvalue weighted by Crippen LogP contribution is -2.43. The van der Waals surface area contributed by atoms with Gasteiger partial charge >= 0.3 is 0 Å². The van der Waals surface area contributed by atoms with Crippen LogP contribution in [-0.4, -0.2) is 34.6 Å². The monoisotopic (exact) mass is 478 g/mol. The standard InChI is InChI=1S/C28H22N4O4/c1-27-10-11-28(36-27,12-14-35-19-7-4-17(15-29)5-8-19)23-22(27)25(33)32(26(23)34)21-9-6-18(16-30)24-20(21)3-2-13-31-24/h2-9,13,22-23H,10-12,14H2,1H3/t22-,23+,27-,28-/m1/s1. The lowest BCUT2D eigenvalue weighted by Gasteiger charge is -2.31. The Labute approximate surface area is 207 Å². The molecule has 2 aromatic carbocycles. The Kier molecular flexibility index (Phi) is 4.86. The first-order chi connectivity index (χ1) is 17.4. The summed E-state index contributed by atoms with van der Waals surface area (Å²) in [6.07, 6.45) is 3.41. The van der Waals surface area contributed by atoms with E-state index in [0.717, 1.165) is 0 Å². The molecular weight excluding hydrogens is 456 g/mol. The summed E-state index contributed by atoms with van der Waals surface area (Å²) >= 11 is 0. The van der Waals surface area contributed by atoms with Crippen molar-refractivity contribution in [2.75, 3.05) is 11.5 Å². The highest BCUT2D eigenvalue weighted by molar-refractivity contribution is 6.26. The van der Waals surface area contributed by atoms with Crippen molar-refractivity contribution in [3.63, 3.8) is 0 Å². The van der Waals surface area contributed by atoms with Crippen LogP contribution in [-0.2, 0) is 14.3 Å². The Morgan fingerprint density at radius 2 is 1.83 bits per heavy atom. The lowest BCUT2D eigenvalue weighted by atomic mass is 9.67. The smallest absolute Gasteiger partial charge is 0.240 e. The van der Waals surface area contributed by atoms with E-state index in [1.807, 2.05) is 6.92 Å². The second-order valence-electron chi connectivity index (χ2n) is 9.82. The molecule has 3 fully saturated rings. The van der Waals surface area contributed by atoms with Gasteiger partial charge in [0.1, 0.15) is 11.8 Å². The summed E-state index contributed by atoms with van der Waals surface area (Å²) in [6, 6.07) is 17.8. The zero-order chi connectivity index (χ0) is 25.1. The van der Waals surface area contributed by atoms with Crippen LogP contribution in [0.25, 0.3) is 10.9 Å². The Hall–Kier alpha value is -4.27. The molecule has 3 aliphatic heterocycles. The van der Waals surface area contributed by atoms with Crippen LogP contribution in [0.4, 0.5) is 5.69 Å². The molecule has 0 unspecified atom stereocenters. The molecule has 4 heterocycles. The number of fused-ring (bicyclic) bond motifs is 6. The van der Waals surface area contributed by atoms with Crippen molar-refractivity contribution in [3.8, 4) is 17.9 Å². The van der Waals surface area contributed by atoms with E-state index in [4.69, 9.17) is 14.7 Å². The summed E-state index contributed by atoms with van der Waals surface area (Å²) in [7, 11) is 0. The number of pyridine rings is 1. The van der Waals surface area contributed by atoms with Gasteiger partial charge in [0, 0.05) is 18.0 Å². The number of amides is 2. The first-order valence-corrected chi connectivity index (χ1v) is 11.9. The van der Waals surface area contributed by atoms with E-state index in [9.17, 15) is 14.9 Å². The number of carbonyl (C=O) groups is 2.